The summed E-state index contributed by atoms with van der Waals surface area (Å²) in [5.74, 6) is -1.01. The molecular weight excluding hydrogens is 270 g/mol. The first-order chi connectivity index (χ1) is 10.1. The zero-order valence-corrected chi connectivity index (χ0v) is 12.0. The number of hydrogen-bond acceptors (Lipinski definition) is 2. The molecule has 0 bridgehead atoms. The molecule has 21 heavy (non-hydrogen) atoms. The predicted molar refractivity (Wildman–Crippen MR) is 77.8 cm³/mol. The van der Waals surface area contributed by atoms with Gasteiger partial charge in [0.25, 0.3) is 0 Å². The first kappa shape index (κ1) is 14.1. The summed E-state index contributed by atoms with van der Waals surface area (Å²) in [4.78, 5) is 6.65. The SMILES string of the molecule is Cc1ncccc1CN1CC(Cc2ccc(F)c(F)c2)C1. The first-order valence-electron chi connectivity index (χ1n) is 7.18. The summed E-state index contributed by atoms with van der Waals surface area (Å²) >= 11 is 0. The second-order valence-electron chi connectivity index (χ2n) is 5.76. The standard InChI is InChI=1S/C17H18F2N2/c1-12-15(3-2-6-20-12)11-21-9-14(10-21)7-13-4-5-16(18)17(19)8-13/h2-6,8,14H,7,9-11H2,1H3. The van der Waals surface area contributed by atoms with Gasteiger partial charge in [0.1, 0.15) is 0 Å². The molecule has 1 fully saturated rings. The molecule has 1 aliphatic rings. The van der Waals surface area contributed by atoms with Crippen LogP contribution in [0.2, 0.25) is 0 Å². The minimum Gasteiger partial charge on any atom is -0.298 e. The van der Waals surface area contributed by atoms with Crippen molar-refractivity contribution < 1.29 is 8.78 Å². The van der Waals surface area contributed by atoms with Crippen molar-refractivity contribution >= 4 is 0 Å². The van der Waals surface area contributed by atoms with Crippen LogP contribution in [-0.4, -0.2) is 23.0 Å². The quantitative estimate of drug-likeness (QED) is 0.858. The highest BCUT2D eigenvalue weighted by Gasteiger charge is 2.27. The molecule has 3 rings (SSSR count). The Kier molecular flexibility index (Phi) is 3.97. The maximum absolute atomic E-state index is 13.2. The number of hydrogen-bond donors (Lipinski definition) is 0. The van der Waals surface area contributed by atoms with Crippen molar-refractivity contribution in [2.24, 2.45) is 5.92 Å². The fraction of sp³-hybridized carbons (Fsp3) is 0.353. The van der Waals surface area contributed by atoms with Gasteiger partial charge >= 0.3 is 0 Å². The van der Waals surface area contributed by atoms with Crippen molar-refractivity contribution in [3.8, 4) is 0 Å². The smallest absolute Gasteiger partial charge is 0.159 e. The lowest BCUT2D eigenvalue weighted by atomic mass is 9.91. The van der Waals surface area contributed by atoms with E-state index < -0.39 is 11.6 Å². The highest BCUT2D eigenvalue weighted by molar-refractivity contribution is 5.20. The van der Waals surface area contributed by atoms with Crippen molar-refractivity contribution in [1.82, 2.24) is 9.88 Å². The van der Waals surface area contributed by atoms with E-state index in [1.54, 1.807) is 12.3 Å². The van der Waals surface area contributed by atoms with Crippen molar-refractivity contribution in [1.29, 1.82) is 0 Å². The van der Waals surface area contributed by atoms with Crippen LogP contribution < -0.4 is 0 Å². The fourth-order valence-electron chi connectivity index (χ4n) is 2.86. The largest absolute Gasteiger partial charge is 0.298 e. The summed E-state index contributed by atoms with van der Waals surface area (Å²) in [5.41, 5.74) is 3.20. The molecular formula is C17H18F2N2. The molecule has 1 aromatic heterocycles. The zero-order chi connectivity index (χ0) is 14.8. The van der Waals surface area contributed by atoms with E-state index in [0.717, 1.165) is 37.3 Å². The lowest BCUT2D eigenvalue weighted by molar-refractivity contribution is 0.0922. The van der Waals surface area contributed by atoms with Gasteiger partial charge in [-0.05, 0) is 48.6 Å². The Morgan fingerprint density at radius 2 is 2.00 bits per heavy atom. The molecule has 110 valence electrons. The average molecular weight is 288 g/mol. The van der Waals surface area contributed by atoms with Crippen LogP contribution in [0.15, 0.2) is 36.5 Å². The summed E-state index contributed by atoms with van der Waals surface area (Å²) in [6, 6.07) is 8.25. The highest BCUT2D eigenvalue weighted by Crippen LogP contribution is 2.23. The molecule has 0 radical (unpaired) electrons. The number of pyridine rings is 1. The van der Waals surface area contributed by atoms with Crippen molar-refractivity contribution in [2.45, 2.75) is 19.9 Å². The molecule has 4 heteroatoms. The summed E-state index contributed by atoms with van der Waals surface area (Å²) in [5, 5.41) is 0. The van der Waals surface area contributed by atoms with Gasteiger partial charge in [-0.15, -0.1) is 0 Å². The minimum atomic E-state index is -0.777. The van der Waals surface area contributed by atoms with Crippen molar-refractivity contribution in [3.05, 3.63) is 65.0 Å². The van der Waals surface area contributed by atoms with Crippen LogP contribution in [-0.2, 0) is 13.0 Å². The van der Waals surface area contributed by atoms with Crippen LogP contribution in [0.1, 0.15) is 16.8 Å². The molecule has 0 aliphatic carbocycles. The second-order valence-corrected chi connectivity index (χ2v) is 5.76. The maximum Gasteiger partial charge on any atom is 0.159 e. The molecule has 2 aromatic rings. The molecule has 0 amide bonds. The number of likely N-dealkylation sites (tertiary alicyclic amines) is 1. The lowest BCUT2D eigenvalue weighted by Crippen LogP contribution is -2.46. The van der Waals surface area contributed by atoms with E-state index in [1.807, 2.05) is 13.0 Å². The molecule has 2 heterocycles. The first-order valence-corrected chi connectivity index (χ1v) is 7.18. The van der Waals surface area contributed by atoms with Gasteiger partial charge in [-0.1, -0.05) is 12.1 Å². The molecule has 0 saturated carbocycles. The second kappa shape index (κ2) is 5.90. The fourth-order valence-corrected chi connectivity index (χ4v) is 2.86. The molecule has 1 aliphatic heterocycles. The summed E-state index contributed by atoms with van der Waals surface area (Å²) in [6.07, 6.45) is 2.61. The summed E-state index contributed by atoms with van der Waals surface area (Å²) in [7, 11) is 0. The van der Waals surface area contributed by atoms with E-state index in [9.17, 15) is 8.78 Å². The summed E-state index contributed by atoms with van der Waals surface area (Å²) in [6.45, 7) is 4.92. The number of halogens is 2. The maximum atomic E-state index is 13.2. The number of benzene rings is 1. The van der Waals surface area contributed by atoms with Gasteiger partial charge in [-0.2, -0.15) is 0 Å². The molecule has 1 saturated heterocycles. The monoisotopic (exact) mass is 288 g/mol. The van der Waals surface area contributed by atoms with E-state index in [2.05, 4.69) is 16.0 Å². The Morgan fingerprint density at radius 1 is 1.19 bits per heavy atom. The van der Waals surface area contributed by atoms with E-state index in [0.29, 0.717) is 5.92 Å². The Hall–Kier alpha value is -1.81. The van der Waals surface area contributed by atoms with Crippen LogP contribution in [0.5, 0.6) is 0 Å². The predicted octanol–water partition coefficient (Wildman–Crippen LogP) is 3.34. The third-order valence-corrected chi connectivity index (χ3v) is 4.05. The van der Waals surface area contributed by atoms with Crippen LogP contribution in [0, 0.1) is 24.5 Å². The van der Waals surface area contributed by atoms with E-state index in [1.165, 1.54) is 17.7 Å². The van der Waals surface area contributed by atoms with Crippen LogP contribution >= 0.6 is 0 Å². The van der Waals surface area contributed by atoms with Gasteiger partial charge in [0.15, 0.2) is 11.6 Å². The van der Waals surface area contributed by atoms with Gasteiger partial charge in [-0.3, -0.25) is 9.88 Å². The van der Waals surface area contributed by atoms with Crippen LogP contribution in [0.25, 0.3) is 0 Å². The van der Waals surface area contributed by atoms with E-state index in [4.69, 9.17) is 0 Å². The van der Waals surface area contributed by atoms with Gasteiger partial charge < -0.3 is 0 Å². The Morgan fingerprint density at radius 3 is 2.71 bits per heavy atom. The number of aromatic nitrogens is 1. The van der Waals surface area contributed by atoms with Gasteiger partial charge in [0.05, 0.1) is 0 Å². The van der Waals surface area contributed by atoms with Crippen molar-refractivity contribution in [2.75, 3.05) is 13.1 Å². The lowest BCUT2D eigenvalue weighted by Gasteiger charge is -2.39. The molecule has 1 aromatic carbocycles. The molecule has 0 spiro atoms. The van der Waals surface area contributed by atoms with E-state index >= 15 is 0 Å². The Labute approximate surface area is 123 Å². The molecule has 0 atom stereocenters. The van der Waals surface area contributed by atoms with Crippen LogP contribution in [0.3, 0.4) is 0 Å². The Balaban J connectivity index is 1.52. The van der Waals surface area contributed by atoms with E-state index in [-0.39, 0.29) is 0 Å². The van der Waals surface area contributed by atoms with Gasteiger partial charge in [0, 0.05) is 31.5 Å². The highest BCUT2D eigenvalue weighted by atomic mass is 19.2. The number of nitrogens with zero attached hydrogens (tertiary/aromatic N) is 2. The summed E-state index contributed by atoms with van der Waals surface area (Å²) < 4.78 is 26.1. The third-order valence-electron chi connectivity index (χ3n) is 4.05. The molecule has 0 unspecified atom stereocenters. The number of aryl methyl sites for hydroxylation is 1. The normalized spacial score (nSPS) is 16.0. The topological polar surface area (TPSA) is 16.1 Å². The van der Waals surface area contributed by atoms with Gasteiger partial charge in [-0.25, -0.2) is 8.78 Å². The molecule has 0 N–H and O–H groups in total. The average Bonchev–Trinajstić information content (AvgIpc) is 2.42. The number of rotatable bonds is 4. The zero-order valence-electron chi connectivity index (χ0n) is 12.0. The minimum absolute atomic E-state index is 0.520. The van der Waals surface area contributed by atoms with Crippen LogP contribution in [0.4, 0.5) is 8.78 Å². The van der Waals surface area contributed by atoms with Gasteiger partial charge in [0.2, 0.25) is 0 Å². The van der Waals surface area contributed by atoms with Crippen molar-refractivity contribution in [3.63, 3.8) is 0 Å². The third kappa shape index (κ3) is 3.27. The Bertz CT molecular complexity index is 636. The molecule has 2 nitrogen and oxygen atoms in total.